The molecule has 0 saturated heterocycles. The van der Waals surface area contributed by atoms with Gasteiger partial charge in [-0.1, -0.05) is 20.3 Å². The molecule has 0 radical (unpaired) electrons. The van der Waals surface area contributed by atoms with Crippen molar-refractivity contribution in [3.05, 3.63) is 0 Å². The molecule has 0 aromatic rings. The Hall–Kier alpha value is -0.180. The van der Waals surface area contributed by atoms with Crippen LogP contribution in [0, 0.1) is 0 Å². The molecule has 0 atom stereocenters. The van der Waals surface area contributed by atoms with Gasteiger partial charge in [-0.15, -0.1) is 0 Å². The summed E-state index contributed by atoms with van der Waals surface area (Å²) in [6.07, 6.45) is 3.11. The number of hydrogen-bond donors (Lipinski definition) is 1. The molecule has 1 N–H and O–H groups in total. The van der Waals surface area contributed by atoms with Crippen LogP contribution in [-0.4, -0.2) is 40.0 Å². The van der Waals surface area contributed by atoms with Crippen molar-refractivity contribution in [2.75, 3.05) is 18.6 Å². The van der Waals surface area contributed by atoms with Crippen molar-refractivity contribution >= 4 is 20.2 Å². The Labute approximate surface area is 97.9 Å². The fourth-order valence-electron chi connectivity index (χ4n) is 0.561. The first-order chi connectivity index (χ1) is 7.12. The molecule has 0 aliphatic heterocycles. The van der Waals surface area contributed by atoms with Crippen LogP contribution in [0.3, 0.4) is 0 Å². The van der Waals surface area contributed by atoms with Crippen molar-refractivity contribution in [3.8, 4) is 0 Å². The summed E-state index contributed by atoms with van der Waals surface area (Å²) in [5.41, 5.74) is 0. The molecule has 0 aromatic carbocycles. The second kappa shape index (κ2) is 8.91. The van der Waals surface area contributed by atoms with E-state index in [-0.39, 0.29) is 5.75 Å². The van der Waals surface area contributed by atoms with Crippen LogP contribution in [0.5, 0.6) is 0 Å². The van der Waals surface area contributed by atoms with E-state index in [9.17, 15) is 16.8 Å². The highest BCUT2D eigenvalue weighted by Crippen LogP contribution is 1.90. The summed E-state index contributed by atoms with van der Waals surface area (Å²) in [4.78, 5) is 0. The van der Waals surface area contributed by atoms with Crippen molar-refractivity contribution in [2.45, 2.75) is 33.1 Å². The molecule has 0 aliphatic carbocycles. The summed E-state index contributed by atoms with van der Waals surface area (Å²) < 4.78 is 52.7. The van der Waals surface area contributed by atoms with Gasteiger partial charge in [0, 0.05) is 0 Å². The third-order valence-electron chi connectivity index (χ3n) is 1.26. The van der Waals surface area contributed by atoms with E-state index in [1.807, 2.05) is 13.8 Å². The molecule has 0 bridgehead atoms. The molecule has 0 saturated carbocycles. The summed E-state index contributed by atoms with van der Waals surface area (Å²) in [6, 6.07) is 0. The average Bonchev–Trinajstić information content (AvgIpc) is 2.10. The van der Waals surface area contributed by atoms with Crippen molar-refractivity contribution in [2.24, 2.45) is 0 Å². The molecule has 16 heavy (non-hydrogen) atoms. The Kier molecular flexibility index (Phi) is 10.1. The van der Waals surface area contributed by atoms with Crippen LogP contribution < -0.4 is 0 Å². The van der Waals surface area contributed by atoms with Crippen LogP contribution in [0.25, 0.3) is 0 Å². The lowest BCUT2D eigenvalue weighted by Crippen LogP contribution is -2.02. The minimum Gasteiger partial charge on any atom is -0.286 e. The van der Waals surface area contributed by atoms with Crippen LogP contribution in [0.1, 0.15) is 33.1 Å². The van der Waals surface area contributed by atoms with Crippen LogP contribution in [-0.2, 0) is 24.4 Å². The topological polar surface area (TPSA) is 97.7 Å². The fraction of sp³-hybridized carbons (Fsp3) is 1.00. The van der Waals surface area contributed by atoms with E-state index in [2.05, 4.69) is 4.18 Å². The minimum atomic E-state index is -3.69. The normalized spacial score (nSPS) is 11.8. The highest BCUT2D eigenvalue weighted by atomic mass is 32.2. The van der Waals surface area contributed by atoms with Gasteiger partial charge in [0.05, 0.1) is 18.6 Å². The lowest BCUT2D eigenvalue weighted by atomic mass is 10.4. The predicted octanol–water partition coefficient (Wildman–Crippen LogP) is 1.05. The minimum absolute atomic E-state index is 0.108. The zero-order valence-corrected chi connectivity index (χ0v) is 11.5. The van der Waals surface area contributed by atoms with Crippen LogP contribution in [0.2, 0.25) is 0 Å². The maximum Gasteiger partial charge on any atom is 0.264 e. The summed E-state index contributed by atoms with van der Waals surface area (Å²) in [5, 5.41) is 0. The molecule has 8 heteroatoms. The molecule has 0 unspecified atom stereocenters. The summed E-state index contributed by atoms with van der Waals surface area (Å²) in [6.45, 7) is 4.01. The lowest BCUT2D eigenvalue weighted by Gasteiger charge is -1.94. The smallest absolute Gasteiger partial charge is 0.264 e. The van der Waals surface area contributed by atoms with E-state index in [1.165, 1.54) is 0 Å². The summed E-state index contributed by atoms with van der Waals surface area (Å²) in [7, 11) is -6.87. The zero-order valence-electron chi connectivity index (χ0n) is 9.84. The van der Waals surface area contributed by atoms with Gasteiger partial charge < -0.3 is 0 Å². The van der Waals surface area contributed by atoms with Gasteiger partial charge in [-0.25, -0.2) is 0 Å². The number of hydrogen-bond acceptors (Lipinski definition) is 5. The van der Waals surface area contributed by atoms with E-state index in [0.717, 1.165) is 19.1 Å². The van der Waals surface area contributed by atoms with Crippen LogP contribution in [0.15, 0.2) is 0 Å². The van der Waals surface area contributed by atoms with E-state index < -0.39 is 20.2 Å². The van der Waals surface area contributed by atoms with Gasteiger partial charge in [-0.2, -0.15) is 16.8 Å². The highest BCUT2D eigenvalue weighted by molar-refractivity contribution is 7.86. The maximum atomic E-state index is 10.2. The first kappa shape index (κ1) is 18.2. The molecule has 6 nitrogen and oxygen atoms in total. The molecule has 0 aliphatic rings. The van der Waals surface area contributed by atoms with Gasteiger partial charge in [0.2, 0.25) is 0 Å². The molecule has 100 valence electrons. The maximum absolute atomic E-state index is 10.2. The Morgan fingerprint density at radius 1 is 1.06 bits per heavy atom. The van der Waals surface area contributed by atoms with Crippen molar-refractivity contribution in [1.29, 1.82) is 0 Å². The lowest BCUT2D eigenvalue weighted by molar-refractivity contribution is 0.322. The van der Waals surface area contributed by atoms with Crippen LogP contribution >= 0.6 is 0 Å². The number of rotatable bonds is 6. The molecule has 0 amide bonds. The first-order valence-corrected chi connectivity index (χ1v) is 8.34. The van der Waals surface area contributed by atoms with Gasteiger partial charge in [0.1, 0.15) is 0 Å². The zero-order chi connectivity index (χ0) is 13.2. The van der Waals surface area contributed by atoms with E-state index >= 15 is 0 Å². The molecular formula is C8H20O6S2. The average molecular weight is 276 g/mol. The third-order valence-corrected chi connectivity index (χ3v) is 2.66. The Morgan fingerprint density at radius 2 is 1.56 bits per heavy atom. The highest BCUT2D eigenvalue weighted by Gasteiger charge is 2.00. The van der Waals surface area contributed by atoms with E-state index in [0.29, 0.717) is 13.0 Å². The second-order valence-corrected chi connectivity index (χ2v) is 6.38. The second-order valence-electron chi connectivity index (χ2n) is 3.17. The van der Waals surface area contributed by atoms with Gasteiger partial charge in [-0.3, -0.25) is 8.74 Å². The first-order valence-electron chi connectivity index (χ1n) is 4.92. The van der Waals surface area contributed by atoms with Crippen molar-refractivity contribution < 1.29 is 25.6 Å². The quantitative estimate of drug-likeness (QED) is 0.575. The van der Waals surface area contributed by atoms with Gasteiger partial charge in [0.25, 0.3) is 20.2 Å². The monoisotopic (exact) mass is 276 g/mol. The van der Waals surface area contributed by atoms with Gasteiger partial charge in [0.15, 0.2) is 0 Å². The Balaban J connectivity index is 0. The third kappa shape index (κ3) is 23.6. The van der Waals surface area contributed by atoms with Gasteiger partial charge >= 0.3 is 0 Å². The molecule has 0 fully saturated rings. The molecule has 0 heterocycles. The molecular weight excluding hydrogens is 256 g/mol. The molecule has 0 spiro atoms. The van der Waals surface area contributed by atoms with Gasteiger partial charge in [-0.05, 0) is 12.8 Å². The predicted molar refractivity (Wildman–Crippen MR) is 62.4 cm³/mol. The largest absolute Gasteiger partial charge is 0.286 e. The fourth-order valence-corrected chi connectivity index (χ4v) is 1.68. The molecule has 0 aromatic heterocycles. The summed E-state index contributed by atoms with van der Waals surface area (Å²) in [5.74, 6) is -0.108. The molecule has 0 rings (SSSR count). The van der Waals surface area contributed by atoms with Crippen molar-refractivity contribution in [3.63, 3.8) is 0 Å². The Morgan fingerprint density at radius 3 is 1.69 bits per heavy atom. The van der Waals surface area contributed by atoms with Crippen molar-refractivity contribution in [1.82, 2.24) is 0 Å². The summed E-state index contributed by atoms with van der Waals surface area (Å²) >= 11 is 0. The van der Waals surface area contributed by atoms with E-state index in [4.69, 9.17) is 4.55 Å². The standard InChI is InChI=1S/2C4H10O3S/c1-3-4-7-8(2,5)6;1-2-3-4-8(5,6)7/h3-4H2,1-2H3;2-4H2,1H3,(H,5,6,7). The SMILES string of the molecule is CCCCS(=O)(=O)O.CCCOS(C)(=O)=O. The van der Waals surface area contributed by atoms with Crippen LogP contribution in [0.4, 0.5) is 0 Å². The Bertz CT molecular complexity index is 307. The van der Waals surface area contributed by atoms with E-state index in [1.54, 1.807) is 0 Å². The number of unbranched alkanes of at least 4 members (excludes halogenated alkanes) is 1.